The molecule has 180 valence electrons. The Labute approximate surface area is 194 Å². The molecular weight excluding hydrogens is 446 g/mol. The first kappa shape index (κ1) is 22.5. The van der Waals surface area contributed by atoms with Crippen LogP contribution in [0.4, 0.5) is 20.5 Å². The first-order valence-corrected chi connectivity index (χ1v) is 11.5. The Bertz CT molecular complexity index is 1170. The van der Waals surface area contributed by atoms with Crippen LogP contribution in [0.5, 0.6) is 0 Å². The molecule has 0 unspecified atom stereocenters. The van der Waals surface area contributed by atoms with Crippen LogP contribution in [0.2, 0.25) is 0 Å². The Morgan fingerprint density at radius 1 is 1.09 bits per heavy atom. The molecule has 34 heavy (non-hydrogen) atoms. The smallest absolute Gasteiger partial charge is 0.306 e. The molecule has 0 radical (unpaired) electrons. The minimum atomic E-state index is -2.78. The van der Waals surface area contributed by atoms with E-state index < -0.39 is 12.4 Å². The van der Waals surface area contributed by atoms with Crippen molar-refractivity contribution in [2.45, 2.75) is 38.2 Å². The Morgan fingerprint density at radius 2 is 1.82 bits per heavy atom. The van der Waals surface area contributed by atoms with Crippen LogP contribution in [0.1, 0.15) is 37.9 Å². The van der Waals surface area contributed by atoms with Gasteiger partial charge in [0, 0.05) is 25.2 Å². The molecule has 0 atom stereocenters. The number of alkyl halides is 2. The molecule has 2 fully saturated rings. The van der Waals surface area contributed by atoms with Gasteiger partial charge in [0.05, 0.1) is 30.2 Å². The van der Waals surface area contributed by atoms with Crippen molar-refractivity contribution >= 4 is 28.8 Å². The number of aromatic nitrogens is 4. The number of rotatable bonds is 6. The molecule has 3 heterocycles. The number of para-hydroxylation sites is 2. The van der Waals surface area contributed by atoms with Gasteiger partial charge in [0.25, 0.3) is 6.43 Å². The zero-order valence-electron chi connectivity index (χ0n) is 18.5. The number of anilines is 2. The van der Waals surface area contributed by atoms with Gasteiger partial charge in [0.15, 0.2) is 5.82 Å². The van der Waals surface area contributed by atoms with E-state index in [1.54, 1.807) is 30.3 Å². The van der Waals surface area contributed by atoms with Crippen molar-refractivity contribution in [1.29, 1.82) is 0 Å². The Hall–Kier alpha value is -3.34. The van der Waals surface area contributed by atoms with Crippen molar-refractivity contribution in [1.82, 2.24) is 19.5 Å². The molecule has 0 spiro atoms. The molecule has 1 saturated carbocycles. The number of ether oxygens (including phenoxy) is 1. The van der Waals surface area contributed by atoms with E-state index in [1.165, 1.54) is 4.57 Å². The largest absolute Gasteiger partial charge is 0.481 e. The molecule has 1 saturated heterocycles. The van der Waals surface area contributed by atoms with Gasteiger partial charge in [-0.15, -0.1) is 0 Å². The number of carboxylic acids is 1. The second-order valence-corrected chi connectivity index (χ2v) is 8.64. The molecule has 9 nitrogen and oxygen atoms in total. The van der Waals surface area contributed by atoms with E-state index in [-0.39, 0.29) is 17.8 Å². The fourth-order valence-corrected chi connectivity index (χ4v) is 4.64. The Kier molecular flexibility index (Phi) is 6.27. The van der Waals surface area contributed by atoms with Gasteiger partial charge < -0.3 is 20.1 Å². The quantitative estimate of drug-likeness (QED) is 0.560. The van der Waals surface area contributed by atoms with Crippen LogP contribution in [-0.4, -0.2) is 62.9 Å². The maximum atomic E-state index is 14.0. The lowest BCUT2D eigenvalue weighted by molar-refractivity contribution is -0.142. The second kappa shape index (κ2) is 9.49. The van der Waals surface area contributed by atoms with E-state index >= 15 is 0 Å². The number of halogens is 2. The summed E-state index contributed by atoms with van der Waals surface area (Å²) in [6.07, 6.45) is -0.220. The predicted octanol–water partition coefficient (Wildman–Crippen LogP) is 3.65. The minimum Gasteiger partial charge on any atom is -0.481 e. The molecule has 0 bridgehead atoms. The lowest BCUT2D eigenvalue weighted by Gasteiger charge is -2.29. The molecule has 2 aromatic heterocycles. The lowest BCUT2D eigenvalue weighted by Crippen LogP contribution is -2.37. The highest BCUT2D eigenvalue weighted by Gasteiger charge is 2.27. The van der Waals surface area contributed by atoms with Gasteiger partial charge in [-0.1, -0.05) is 12.1 Å². The second-order valence-electron chi connectivity index (χ2n) is 8.64. The molecule has 11 heteroatoms. The van der Waals surface area contributed by atoms with E-state index in [9.17, 15) is 18.7 Å². The molecule has 2 aliphatic rings. The van der Waals surface area contributed by atoms with Crippen molar-refractivity contribution in [3.05, 3.63) is 36.2 Å². The van der Waals surface area contributed by atoms with Gasteiger partial charge in [0.1, 0.15) is 11.6 Å². The van der Waals surface area contributed by atoms with E-state index in [1.807, 2.05) is 4.90 Å². The third-order valence-electron chi connectivity index (χ3n) is 6.43. The lowest BCUT2D eigenvalue weighted by atomic mass is 9.86. The number of aliphatic carboxylic acids is 1. The van der Waals surface area contributed by atoms with E-state index in [0.717, 1.165) is 0 Å². The first-order valence-electron chi connectivity index (χ1n) is 11.5. The van der Waals surface area contributed by atoms with Crippen molar-refractivity contribution in [2.24, 2.45) is 5.92 Å². The van der Waals surface area contributed by atoms with Crippen LogP contribution in [0.15, 0.2) is 30.3 Å². The number of carbonyl (C=O) groups is 1. The summed E-state index contributed by atoms with van der Waals surface area (Å²) in [5.74, 6) is -0.204. The van der Waals surface area contributed by atoms with Crippen molar-refractivity contribution < 1.29 is 23.4 Å². The summed E-state index contributed by atoms with van der Waals surface area (Å²) in [6.45, 7) is 2.26. The number of hydrogen-bond donors (Lipinski definition) is 2. The monoisotopic (exact) mass is 472 g/mol. The van der Waals surface area contributed by atoms with Gasteiger partial charge in [-0.25, -0.2) is 13.8 Å². The molecule has 1 aliphatic carbocycles. The maximum absolute atomic E-state index is 14.0. The SMILES string of the molecule is O=C(O)C1CCC(Nc2cc(-n3c(C(F)F)nc4ccccc43)nc(N3CCOCC3)n2)CC1. The Balaban J connectivity index is 1.53. The summed E-state index contributed by atoms with van der Waals surface area (Å²) in [7, 11) is 0. The van der Waals surface area contributed by atoms with Crippen molar-refractivity contribution in [3.8, 4) is 5.82 Å². The number of benzene rings is 1. The van der Waals surface area contributed by atoms with Crippen LogP contribution >= 0.6 is 0 Å². The molecule has 5 rings (SSSR count). The average Bonchev–Trinajstić information content (AvgIpc) is 3.25. The highest BCUT2D eigenvalue weighted by Crippen LogP contribution is 2.31. The third-order valence-corrected chi connectivity index (χ3v) is 6.43. The average molecular weight is 472 g/mol. The van der Waals surface area contributed by atoms with Crippen molar-refractivity contribution in [3.63, 3.8) is 0 Å². The van der Waals surface area contributed by atoms with Gasteiger partial charge in [-0.3, -0.25) is 9.36 Å². The van der Waals surface area contributed by atoms with E-state index in [2.05, 4.69) is 20.3 Å². The third kappa shape index (κ3) is 4.52. The summed E-state index contributed by atoms with van der Waals surface area (Å²) < 4.78 is 34.8. The number of nitrogens with one attached hydrogen (secondary N) is 1. The van der Waals surface area contributed by atoms with Gasteiger partial charge in [0.2, 0.25) is 5.95 Å². The fourth-order valence-electron chi connectivity index (χ4n) is 4.64. The number of morpholine rings is 1. The Morgan fingerprint density at radius 3 is 2.53 bits per heavy atom. The summed E-state index contributed by atoms with van der Waals surface area (Å²) in [5, 5.41) is 12.7. The fraction of sp³-hybridized carbons (Fsp3) is 0.478. The summed E-state index contributed by atoms with van der Waals surface area (Å²) in [6, 6.07) is 8.68. The van der Waals surface area contributed by atoms with Gasteiger partial charge in [-0.2, -0.15) is 9.97 Å². The van der Waals surface area contributed by atoms with E-state index in [0.29, 0.717) is 80.6 Å². The van der Waals surface area contributed by atoms with E-state index in [4.69, 9.17) is 4.74 Å². The molecular formula is C23H26F2N6O3. The number of carboxylic acid groups (broad SMARTS) is 1. The van der Waals surface area contributed by atoms with Crippen LogP contribution in [0.3, 0.4) is 0 Å². The molecule has 2 N–H and O–H groups in total. The topological polar surface area (TPSA) is 105 Å². The van der Waals surface area contributed by atoms with Crippen molar-refractivity contribution in [2.75, 3.05) is 36.5 Å². The standard InChI is InChI=1S/C23H26F2N6O3/c24-20(25)21-27-16-3-1-2-4-17(16)31(21)19-13-18(26-15-7-5-14(6-8-15)22(32)33)28-23(29-19)30-9-11-34-12-10-30/h1-4,13-15,20H,5-12H2,(H,32,33)(H,26,28,29). The zero-order valence-corrected chi connectivity index (χ0v) is 18.5. The molecule has 1 aromatic carbocycles. The summed E-state index contributed by atoms with van der Waals surface area (Å²) in [4.78, 5) is 26.7. The zero-order chi connectivity index (χ0) is 23.7. The van der Waals surface area contributed by atoms with Crippen LogP contribution in [0, 0.1) is 5.92 Å². The van der Waals surface area contributed by atoms with Gasteiger partial charge >= 0.3 is 5.97 Å². The predicted molar refractivity (Wildman–Crippen MR) is 122 cm³/mol. The number of fused-ring (bicyclic) bond motifs is 1. The number of nitrogens with zero attached hydrogens (tertiary/aromatic N) is 5. The summed E-state index contributed by atoms with van der Waals surface area (Å²) >= 11 is 0. The normalized spacial score (nSPS) is 21.2. The number of imidazole rings is 1. The highest BCUT2D eigenvalue weighted by molar-refractivity contribution is 5.78. The number of hydrogen-bond acceptors (Lipinski definition) is 7. The first-order chi connectivity index (χ1) is 16.5. The maximum Gasteiger partial charge on any atom is 0.306 e. The van der Waals surface area contributed by atoms with Crippen LogP contribution in [-0.2, 0) is 9.53 Å². The minimum absolute atomic E-state index is 0.0463. The highest BCUT2D eigenvalue weighted by atomic mass is 19.3. The molecule has 0 amide bonds. The van der Waals surface area contributed by atoms with Gasteiger partial charge in [-0.05, 0) is 37.8 Å². The molecule has 1 aliphatic heterocycles. The summed E-state index contributed by atoms with van der Waals surface area (Å²) in [5.41, 5.74) is 1.00. The van der Waals surface area contributed by atoms with Crippen LogP contribution in [0.25, 0.3) is 16.9 Å². The molecule has 3 aromatic rings. The van der Waals surface area contributed by atoms with Crippen LogP contribution < -0.4 is 10.2 Å².